The number of piperidine rings is 1. The van der Waals surface area contributed by atoms with Crippen molar-refractivity contribution >= 4 is 22.4 Å². The van der Waals surface area contributed by atoms with E-state index in [1.807, 2.05) is 48.4 Å². The van der Waals surface area contributed by atoms with Crippen molar-refractivity contribution in [2.75, 3.05) is 18.0 Å². The molecule has 0 amide bonds. The van der Waals surface area contributed by atoms with Gasteiger partial charge in [0.15, 0.2) is 5.82 Å². The highest BCUT2D eigenvalue weighted by Crippen LogP contribution is 2.36. The lowest BCUT2D eigenvalue weighted by Gasteiger charge is -2.34. The molecule has 1 aliphatic rings. The summed E-state index contributed by atoms with van der Waals surface area (Å²) >= 11 is 0. The summed E-state index contributed by atoms with van der Waals surface area (Å²) in [6.07, 6.45) is -1.79. The fourth-order valence-corrected chi connectivity index (χ4v) is 3.55. The van der Waals surface area contributed by atoms with Crippen molar-refractivity contribution in [2.45, 2.75) is 25.9 Å². The quantitative estimate of drug-likeness (QED) is 0.650. The molecule has 24 heavy (non-hydrogen) atoms. The van der Waals surface area contributed by atoms with Crippen molar-refractivity contribution in [1.82, 2.24) is 9.38 Å². The Bertz CT molecular complexity index is 890. The molecule has 0 aliphatic carbocycles. The van der Waals surface area contributed by atoms with E-state index in [9.17, 15) is 13.2 Å². The summed E-state index contributed by atoms with van der Waals surface area (Å²) in [6, 6.07) is 9.89. The molecular formula is C18H18F3N3. The fraction of sp³-hybridized carbons (Fsp3) is 0.389. The van der Waals surface area contributed by atoms with Gasteiger partial charge in [0.25, 0.3) is 0 Å². The van der Waals surface area contributed by atoms with E-state index in [2.05, 4.69) is 4.40 Å². The Hall–Kier alpha value is -2.24. The molecule has 0 bridgehead atoms. The first-order valence-electron chi connectivity index (χ1n) is 8.12. The Balaban J connectivity index is 1.76. The molecule has 0 spiro atoms. The molecule has 3 heterocycles. The van der Waals surface area contributed by atoms with Gasteiger partial charge in [0.1, 0.15) is 0 Å². The second kappa shape index (κ2) is 5.40. The minimum absolute atomic E-state index is 0.129. The van der Waals surface area contributed by atoms with Crippen LogP contribution in [0.15, 0.2) is 36.5 Å². The topological polar surface area (TPSA) is 20.5 Å². The van der Waals surface area contributed by atoms with Crippen LogP contribution in [0, 0.1) is 12.8 Å². The summed E-state index contributed by atoms with van der Waals surface area (Å²) in [5, 5.41) is 0. The maximum absolute atomic E-state index is 12.9. The number of fused-ring (bicyclic) bond motifs is 3. The molecule has 0 saturated carbocycles. The van der Waals surface area contributed by atoms with Crippen molar-refractivity contribution in [1.29, 1.82) is 0 Å². The minimum Gasteiger partial charge on any atom is -0.355 e. The smallest absolute Gasteiger partial charge is 0.355 e. The highest BCUT2D eigenvalue weighted by molar-refractivity contribution is 5.85. The fourth-order valence-electron chi connectivity index (χ4n) is 3.55. The number of halogens is 3. The number of alkyl halides is 3. The normalized spacial score (nSPS) is 17.1. The first-order valence-corrected chi connectivity index (χ1v) is 8.12. The van der Waals surface area contributed by atoms with Crippen molar-refractivity contribution < 1.29 is 13.2 Å². The largest absolute Gasteiger partial charge is 0.391 e. The molecule has 6 heteroatoms. The van der Waals surface area contributed by atoms with E-state index in [4.69, 9.17) is 4.98 Å². The monoisotopic (exact) mass is 333 g/mol. The highest BCUT2D eigenvalue weighted by Gasteiger charge is 2.41. The van der Waals surface area contributed by atoms with Crippen molar-refractivity contribution in [3.8, 4) is 0 Å². The zero-order chi connectivity index (χ0) is 16.9. The number of anilines is 1. The van der Waals surface area contributed by atoms with Crippen LogP contribution in [0.2, 0.25) is 0 Å². The van der Waals surface area contributed by atoms with Gasteiger partial charge in [-0.2, -0.15) is 13.2 Å². The first kappa shape index (κ1) is 15.3. The molecule has 2 aromatic heterocycles. The summed E-state index contributed by atoms with van der Waals surface area (Å²) in [6.45, 7) is 2.78. The number of para-hydroxylation sites is 2. The number of hydrogen-bond donors (Lipinski definition) is 0. The number of rotatable bonds is 1. The molecule has 1 aliphatic heterocycles. The van der Waals surface area contributed by atoms with Gasteiger partial charge in [0, 0.05) is 19.3 Å². The van der Waals surface area contributed by atoms with E-state index in [1.165, 1.54) is 0 Å². The van der Waals surface area contributed by atoms with E-state index in [0.717, 1.165) is 27.9 Å². The van der Waals surface area contributed by atoms with Gasteiger partial charge in [-0.15, -0.1) is 0 Å². The third-order valence-electron chi connectivity index (χ3n) is 4.81. The number of aryl methyl sites for hydroxylation is 1. The van der Waals surface area contributed by atoms with Crippen LogP contribution in [0.1, 0.15) is 18.4 Å². The van der Waals surface area contributed by atoms with E-state index in [0.29, 0.717) is 13.1 Å². The average Bonchev–Trinajstić information content (AvgIpc) is 2.95. The molecule has 0 atom stereocenters. The Morgan fingerprint density at radius 2 is 1.79 bits per heavy atom. The number of hydrogen-bond acceptors (Lipinski definition) is 2. The zero-order valence-corrected chi connectivity index (χ0v) is 13.3. The molecule has 0 N–H and O–H groups in total. The van der Waals surface area contributed by atoms with Crippen LogP contribution in [-0.4, -0.2) is 28.7 Å². The Kier molecular flexibility index (Phi) is 3.44. The molecule has 0 unspecified atom stereocenters. The van der Waals surface area contributed by atoms with Crippen molar-refractivity contribution in [2.24, 2.45) is 5.92 Å². The molecule has 1 saturated heterocycles. The van der Waals surface area contributed by atoms with E-state index < -0.39 is 12.1 Å². The van der Waals surface area contributed by atoms with Crippen molar-refractivity contribution in [3.05, 3.63) is 42.1 Å². The Labute approximate surface area is 137 Å². The number of nitrogens with zero attached hydrogens (tertiary/aromatic N) is 3. The minimum atomic E-state index is -4.09. The predicted octanol–water partition coefficient (Wildman–Crippen LogP) is 4.57. The Morgan fingerprint density at radius 3 is 2.50 bits per heavy atom. The summed E-state index contributed by atoms with van der Waals surface area (Å²) in [5.41, 5.74) is 3.93. The van der Waals surface area contributed by atoms with Crippen LogP contribution >= 0.6 is 0 Å². The van der Waals surface area contributed by atoms with Crippen LogP contribution in [0.25, 0.3) is 16.6 Å². The maximum atomic E-state index is 12.9. The molecule has 3 nitrogen and oxygen atoms in total. The number of benzene rings is 1. The van der Waals surface area contributed by atoms with Gasteiger partial charge in [0.05, 0.1) is 22.5 Å². The third-order valence-corrected chi connectivity index (χ3v) is 4.81. The maximum Gasteiger partial charge on any atom is 0.391 e. The standard InChI is InChI=1S/C18H18F3N3/c1-12-10-16-17(23-8-6-13(7-9-23)18(19,20)21)22-14-4-2-3-5-15(14)24(16)11-12/h2-5,10-11,13H,6-9H2,1H3. The average molecular weight is 333 g/mol. The highest BCUT2D eigenvalue weighted by atomic mass is 19.4. The first-order chi connectivity index (χ1) is 11.4. The molecule has 1 fully saturated rings. The predicted molar refractivity (Wildman–Crippen MR) is 88.4 cm³/mol. The van der Waals surface area contributed by atoms with E-state index in [-0.39, 0.29) is 12.8 Å². The second-order valence-electron chi connectivity index (χ2n) is 6.50. The van der Waals surface area contributed by atoms with Gasteiger partial charge in [-0.05, 0) is 43.5 Å². The number of aromatic nitrogens is 2. The lowest BCUT2D eigenvalue weighted by Crippen LogP contribution is -2.39. The molecule has 1 aromatic carbocycles. The van der Waals surface area contributed by atoms with Crippen LogP contribution in [0.3, 0.4) is 0 Å². The molecular weight excluding hydrogens is 315 g/mol. The lowest BCUT2D eigenvalue weighted by atomic mass is 9.96. The summed E-state index contributed by atoms with van der Waals surface area (Å²) < 4.78 is 40.8. The van der Waals surface area contributed by atoms with Gasteiger partial charge < -0.3 is 9.30 Å². The lowest BCUT2D eigenvalue weighted by molar-refractivity contribution is -0.179. The van der Waals surface area contributed by atoms with Crippen LogP contribution in [-0.2, 0) is 0 Å². The second-order valence-corrected chi connectivity index (χ2v) is 6.50. The van der Waals surface area contributed by atoms with E-state index in [1.54, 1.807) is 0 Å². The molecule has 3 aromatic rings. The van der Waals surface area contributed by atoms with Crippen LogP contribution in [0.4, 0.5) is 19.0 Å². The van der Waals surface area contributed by atoms with Gasteiger partial charge in [0.2, 0.25) is 0 Å². The molecule has 126 valence electrons. The summed E-state index contributed by atoms with van der Waals surface area (Å²) in [7, 11) is 0. The van der Waals surface area contributed by atoms with Gasteiger partial charge in [-0.1, -0.05) is 12.1 Å². The SMILES string of the molecule is Cc1cc2c(N3CCC(C(F)(F)F)CC3)nc3ccccc3n2c1. The van der Waals surface area contributed by atoms with Gasteiger partial charge >= 0.3 is 6.18 Å². The third kappa shape index (κ3) is 2.50. The van der Waals surface area contributed by atoms with Gasteiger partial charge in [-0.3, -0.25) is 0 Å². The molecule has 0 radical (unpaired) electrons. The van der Waals surface area contributed by atoms with Gasteiger partial charge in [-0.25, -0.2) is 4.98 Å². The van der Waals surface area contributed by atoms with Crippen LogP contribution in [0.5, 0.6) is 0 Å². The summed E-state index contributed by atoms with van der Waals surface area (Å²) in [4.78, 5) is 6.74. The summed E-state index contributed by atoms with van der Waals surface area (Å²) in [5.74, 6) is -0.416. The van der Waals surface area contributed by atoms with Crippen molar-refractivity contribution in [3.63, 3.8) is 0 Å². The Morgan fingerprint density at radius 1 is 1.08 bits per heavy atom. The van der Waals surface area contributed by atoms with E-state index >= 15 is 0 Å². The van der Waals surface area contributed by atoms with Crippen LogP contribution < -0.4 is 4.90 Å². The zero-order valence-electron chi connectivity index (χ0n) is 13.3. The molecule has 4 rings (SSSR count).